The number of aromatic carboxylic acids is 1. The summed E-state index contributed by atoms with van der Waals surface area (Å²) in [5, 5.41) is 13.3. The molecule has 22 heavy (non-hydrogen) atoms. The highest BCUT2D eigenvalue weighted by atomic mass is 16.5. The molecule has 0 saturated heterocycles. The van der Waals surface area contributed by atoms with E-state index in [0.29, 0.717) is 23.0 Å². The van der Waals surface area contributed by atoms with E-state index in [0.717, 1.165) is 5.56 Å². The van der Waals surface area contributed by atoms with Gasteiger partial charge in [0.05, 0.1) is 19.8 Å². The van der Waals surface area contributed by atoms with E-state index in [2.05, 4.69) is 10.1 Å². The molecule has 2 aromatic heterocycles. The first-order chi connectivity index (χ1) is 10.6. The van der Waals surface area contributed by atoms with Crippen molar-refractivity contribution in [3.63, 3.8) is 0 Å². The third-order valence-corrected chi connectivity index (χ3v) is 3.22. The van der Waals surface area contributed by atoms with Crippen LogP contribution in [0.5, 0.6) is 11.5 Å². The van der Waals surface area contributed by atoms with E-state index < -0.39 is 5.97 Å². The quantitative estimate of drug-likeness (QED) is 0.794. The fraction of sp³-hybridized carbons (Fsp3) is 0.133. The SMILES string of the molecule is COc1ccc(-c2nc3ccc(C(=O)O)cn3n2)cc1OC. The number of rotatable bonds is 4. The molecule has 3 rings (SSSR count). The van der Waals surface area contributed by atoms with E-state index in [9.17, 15) is 4.79 Å². The highest BCUT2D eigenvalue weighted by molar-refractivity contribution is 5.87. The Labute approximate surface area is 125 Å². The van der Waals surface area contributed by atoms with Crippen molar-refractivity contribution >= 4 is 11.6 Å². The number of aromatic nitrogens is 3. The minimum Gasteiger partial charge on any atom is -0.493 e. The van der Waals surface area contributed by atoms with Crippen LogP contribution in [0.4, 0.5) is 0 Å². The van der Waals surface area contributed by atoms with Crippen molar-refractivity contribution in [2.24, 2.45) is 0 Å². The zero-order valence-electron chi connectivity index (χ0n) is 12.0. The fourth-order valence-electron chi connectivity index (χ4n) is 2.11. The van der Waals surface area contributed by atoms with Crippen molar-refractivity contribution in [3.05, 3.63) is 42.1 Å². The Hall–Kier alpha value is -3.09. The number of ether oxygens (including phenoxy) is 2. The van der Waals surface area contributed by atoms with Crippen LogP contribution in [0.25, 0.3) is 17.0 Å². The van der Waals surface area contributed by atoms with Crippen LogP contribution < -0.4 is 9.47 Å². The number of carbonyl (C=O) groups is 1. The molecule has 7 heteroatoms. The van der Waals surface area contributed by atoms with E-state index in [-0.39, 0.29) is 5.56 Å². The lowest BCUT2D eigenvalue weighted by Gasteiger charge is -2.07. The van der Waals surface area contributed by atoms with Gasteiger partial charge in [0, 0.05) is 11.8 Å². The maximum absolute atomic E-state index is 11.0. The summed E-state index contributed by atoms with van der Waals surface area (Å²) >= 11 is 0. The zero-order valence-corrected chi connectivity index (χ0v) is 12.0. The molecule has 0 radical (unpaired) electrons. The molecule has 0 fully saturated rings. The molecule has 0 atom stereocenters. The average Bonchev–Trinajstić information content (AvgIpc) is 2.97. The Morgan fingerprint density at radius 3 is 2.59 bits per heavy atom. The predicted octanol–water partition coefficient (Wildman–Crippen LogP) is 2.11. The van der Waals surface area contributed by atoms with Gasteiger partial charge in [0.1, 0.15) is 0 Å². The summed E-state index contributed by atoms with van der Waals surface area (Å²) in [5.74, 6) is 0.654. The minimum absolute atomic E-state index is 0.149. The molecule has 7 nitrogen and oxygen atoms in total. The highest BCUT2D eigenvalue weighted by Gasteiger charge is 2.12. The van der Waals surface area contributed by atoms with Gasteiger partial charge in [-0.05, 0) is 30.3 Å². The van der Waals surface area contributed by atoms with Gasteiger partial charge >= 0.3 is 5.97 Å². The second-order valence-corrected chi connectivity index (χ2v) is 4.53. The van der Waals surface area contributed by atoms with Gasteiger partial charge in [0.15, 0.2) is 23.0 Å². The topological polar surface area (TPSA) is 86.0 Å². The Bertz CT molecular complexity index is 857. The summed E-state index contributed by atoms with van der Waals surface area (Å²) in [5.41, 5.74) is 1.46. The van der Waals surface area contributed by atoms with Crippen LogP contribution >= 0.6 is 0 Å². The number of fused-ring (bicyclic) bond motifs is 1. The van der Waals surface area contributed by atoms with Crippen LogP contribution in [-0.4, -0.2) is 39.9 Å². The maximum Gasteiger partial charge on any atom is 0.337 e. The van der Waals surface area contributed by atoms with Crippen LogP contribution in [0.3, 0.4) is 0 Å². The molecule has 1 aromatic carbocycles. The fourth-order valence-corrected chi connectivity index (χ4v) is 2.11. The number of carboxylic acids is 1. The normalized spacial score (nSPS) is 10.6. The summed E-state index contributed by atoms with van der Waals surface area (Å²) < 4.78 is 11.9. The third kappa shape index (κ3) is 2.32. The van der Waals surface area contributed by atoms with Crippen molar-refractivity contribution in [2.75, 3.05) is 14.2 Å². The van der Waals surface area contributed by atoms with E-state index in [1.165, 1.54) is 16.8 Å². The molecule has 0 aliphatic carbocycles. The Morgan fingerprint density at radius 2 is 1.91 bits per heavy atom. The van der Waals surface area contributed by atoms with Crippen LogP contribution in [0.2, 0.25) is 0 Å². The van der Waals surface area contributed by atoms with Crippen LogP contribution in [-0.2, 0) is 0 Å². The molecular weight excluding hydrogens is 286 g/mol. The van der Waals surface area contributed by atoms with Gasteiger partial charge in [-0.2, -0.15) is 0 Å². The van der Waals surface area contributed by atoms with Gasteiger partial charge in [0.25, 0.3) is 0 Å². The van der Waals surface area contributed by atoms with E-state index >= 15 is 0 Å². The molecule has 0 unspecified atom stereocenters. The Kier molecular flexibility index (Phi) is 3.38. The van der Waals surface area contributed by atoms with E-state index in [1.807, 2.05) is 6.07 Å². The monoisotopic (exact) mass is 299 g/mol. The van der Waals surface area contributed by atoms with Crippen molar-refractivity contribution in [3.8, 4) is 22.9 Å². The summed E-state index contributed by atoms with van der Waals surface area (Å²) in [6.07, 6.45) is 1.43. The lowest BCUT2D eigenvalue weighted by molar-refractivity contribution is 0.0696. The number of nitrogens with zero attached hydrogens (tertiary/aromatic N) is 3. The highest BCUT2D eigenvalue weighted by Crippen LogP contribution is 2.31. The van der Waals surface area contributed by atoms with Gasteiger partial charge < -0.3 is 14.6 Å². The van der Waals surface area contributed by atoms with Gasteiger partial charge in [-0.15, -0.1) is 5.10 Å². The molecule has 0 amide bonds. The van der Waals surface area contributed by atoms with Crippen molar-refractivity contribution in [1.29, 1.82) is 0 Å². The lowest BCUT2D eigenvalue weighted by Crippen LogP contribution is -1.99. The number of methoxy groups -OCH3 is 2. The van der Waals surface area contributed by atoms with E-state index in [4.69, 9.17) is 14.6 Å². The second-order valence-electron chi connectivity index (χ2n) is 4.53. The van der Waals surface area contributed by atoms with Gasteiger partial charge in [-0.3, -0.25) is 0 Å². The second kappa shape index (κ2) is 5.36. The maximum atomic E-state index is 11.0. The Morgan fingerprint density at radius 1 is 1.14 bits per heavy atom. The van der Waals surface area contributed by atoms with Crippen LogP contribution in [0, 0.1) is 0 Å². The number of benzene rings is 1. The summed E-state index contributed by atoms with van der Waals surface area (Å²) in [4.78, 5) is 15.4. The van der Waals surface area contributed by atoms with Crippen LogP contribution in [0.1, 0.15) is 10.4 Å². The first-order valence-electron chi connectivity index (χ1n) is 6.44. The predicted molar refractivity (Wildman–Crippen MR) is 78.5 cm³/mol. The van der Waals surface area contributed by atoms with Crippen molar-refractivity contribution < 1.29 is 19.4 Å². The largest absolute Gasteiger partial charge is 0.493 e. The van der Waals surface area contributed by atoms with Gasteiger partial charge in [-0.1, -0.05) is 0 Å². The van der Waals surface area contributed by atoms with Gasteiger partial charge in [-0.25, -0.2) is 14.3 Å². The molecular formula is C15H13N3O4. The molecule has 0 aliphatic heterocycles. The molecule has 2 heterocycles. The van der Waals surface area contributed by atoms with E-state index in [1.54, 1.807) is 32.4 Å². The first-order valence-corrected chi connectivity index (χ1v) is 6.44. The van der Waals surface area contributed by atoms with Crippen LogP contribution in [0.15, 0.2) is 36.5 Å². The van der Waals surface area contributed by atoms with Crippen molar-refractivity contribution in [2.45, 2.75) is 0 Å². The first kappa shape index (κ1) is 13.9. The Balaban J connectivity index is 2.08. The lowest BCUT2D eigenvalue weighted by atomic mass is 10.2. The van der Waals surface area contributed by atoms with Crippen molar-refractivity contribution in [1.82, 2.24) is 14.6 Å². The van der Waals surface area contributed by atoms with Gasteiger partial charge in [0.2, 0.25) is 0 Å². The summed E-state index contributed by atoms with van der Waals surface area (Å²) in [6, 6.07) is 8.45. The average molecular weight is 299 g/mol. The zero-order chi connectivity index (χ0) is 15.7. The number of carboxylic acid groups (broad SMARTS) is 1. The third-order valence-electron chi connectivity index (χ3n) is 3.22. The minimum atomic E-state index is -1.01. The molecule has 3 aromatic rings. The molecule has 0 saturated carbocycles. The number of pyridine rings is 1. The molecule has 0 bridgehead atoms. The number of hydrogen-bond donors (Lipinski definition) is 1. The number of hydrogen-bond acceptors (Lipinski definition) is 5. The molecule has 0 spiro atoms. The molecule has 0 aliphatic rings. The molecule has 1 N–H and O–H groups in total. The summed E-state index contributed by atoms with van der Waals surface area (Å²) in [6.45, 7) is 0. The smallest absolute Gasteiger partial charge is 0.337 e. The molecule has 112 valence electrons. The summed E-state index contributed by atoms with van der Waals surface area (Å²) in [7, 11) is 3.12. The standard InChI is InChI=1S/C15H13N3O4/c1-21-11-5-3-9(7-12(11)22-2)14-16-13-6-4-10(15(19)20)8-18(13)17-14/h3-8H,1-2H3,(H,19,20).